The molecule has 0 bridgehead atoms. The molecule has 0 aliphatic heterocycles. The van der Waals surface area contributed by atoms with Crippen molar-refractivity contribution >= 4 is 33.6 Å². The van der Waals surface area contributed by atoms with Gasteiger partial charge in [0, 0.05) is 16.2 Å². The fourth-order valence-corrected chi connectivity index (χ4v) is 2.26. The van der Waals surface area contributed by atoms with Crippen LogP contribution in [0.2, 0.25) is 0 Å². The highest BCUT2D eigenvalue weighted by molar-refractivity contribution is 9.10. The Bertz CT molecular complexity index is 662. The van der Waals surface area contributed by atoms with Gasteiger partial charge in [0.1, 0.15) is 0 Å². The molecule has 3 heteroatoms. The molecule has 1 N–H and O–H groups in total. The average Bonchev–Trinajstić information content (AvgIpc) is 2.42. The fourth-order valence-electron chi connectivity index (χ4n) is 1.84. The Morgan fingerprint density at radius 3 is 2.65 bits per heavy atom. The van der Waals surface area contributed by atoms with E-state index in [1.807, 2.05) is 56.3 Å². The van der Waals surface area contributed by atoms with Crippen LogP contribution in [0, 0.1) is 13.8 Å². The van der Waals surface area contributed by atoms with Crippen LogP contribution in [-0.2, 0) is 4.79 Å². The summed E-state index contributed by atoms with van der Waals surface area (Å²) in [5.41, 5.74) is 4.10. The highest BCUT2D eigenvalue weighted by Gasteiger charge is 2.03. The molecule has 0 unspecified atom stereocenters. The average molecular weight is 330 g/mol. The molecule has 1 amide bonds. The van der Waals surface area contributed by atoms with Crippen molar-refractivity contribution in [2.45, 2.75) is 13.8 Å². The lowest BCUT2D eigenvalue weighted by Gasteiger charge is -2.08. The standard InChI is InChI=1S/C17H16BrNO/c1-12-5-3-8-16(13(12)2)19-17(20)10-9-14-6-4-7-15(18)11-14/h3-11H,1-2H3,(H,19,20)/b10-9+. The molecule has 2 rings (SSSR count). The van der Waals surface area contributed by atoms with Crippen LogP contribution >= 0.6 is 15.9 Å². The van der Waals surface area contributed by atoms with Crippen molar-refractivity contribution in [1.29, 1.82) is 0 Å². The zero-order valence-corrected chi connectivity index (χ0v) is 13.1. The summed E-state index contributed by atoms with van der Waals surface area (Å²) in [6, 6.07) is 13.7. The van der Waals surface area contributed by atoms with E-state index >= 15 is 0 Å². The molecular formula is C17H16BrNO. The molecule has 2 nitrogen and oxygen atoms in total. The molecule has 102 valence electrons. The SMILES string of the molecule is Cc1cccc(NC(=O)/C=C/c2cccc(Br)c2)c1C. The summed E-state index contributed by atoms with van der Waals surface area (Å²) < 4.78 is 0.995. The first-order chi connectivity index (χ1) is 9.56. The van der Waals surface area contributed by atoms with Crippen LogP contribution in [0.4, 0.5) is 5.69 Å². The largest absolute Gasteiger partial charge is 0.322 e. The van der Waals surface area contributed by atoms with Crippen LogP contribution in [0.5, 0.6) is 0 Å². The smallest absolute Gasteiger partial charge is 0.248 e. The first-order valence-corrected chi connectivity index (χ1v) is 7.16. The number of hydrogen-bond acceptors (Lipinski definition) is 1. The Morgan fingerprint density at radius 2 is 1.90 bits per heavy atom. The molecule has 0 aromatic heterocycles. The maximum Gasteiger partial charge on any atom is 0.248 e. The number of rotatable bonds is 3. The molecule has 0 radical (unpaired) electrons. The number of benzene rings is 2. The molecule has 0 aliphatic rings. The molecule has 2 aromatic carbocycles. The Labute approximate surface area is 127 Å². The monoisotopic (exact) mass is 329 g/mol. The van der Waals surface area contributed by atoms with E-state index in [0.29, 0.717) is 0 Å². The van der Waals surface area contributed by atoms with Gasteiger partial charge in [0.15, 0.2) is 0 Å². The molecule has 0 saturated heterocycles. The quantitative estimate of drug-likeness (QED) is 0.811. The fraction of sp³-hybridized carbons (Fsp3) is 0.118. The van der Waals surface area contributed by atoms with Crippen LogP contribution in [0.3, 0.4) is 0 Å². The Balaban J connectivity index is 2.08. The number of nitrogens with one attached hydrogen (secondary N) is 1. The van der Waals surface area contributed by atoms with Crippen molar-refractivity contribution in [2.24, 2.45) is 0 Å². The van der Waals surface area contributed by atoms with Crippen molar-refractivity contribution in [2.75, 3.05) is 5.32 Å². The molecule has 20 heavy (non-hydrogen) atoms. The van der Waals surface area contributed by atoms with Gasteiger partial charge >= 0.3 is 0 Å². The number of amides is 1. The summed E-state index contributed by atoms with van der Waals surface area (Å²) in [6.07, 6.45) is 3.34. The van der Waals surface area contributed by atoms with Crippen LogP contribution in [0.15, 0.2) is 53.0 Å². The third-order valence-corrected chi connectivity index (χ3v) is 3.63. The molecular weight excluding hydrogens is 314 g/mol. The number of carbonyl (C=O) groups is 1. The minimum atomic E-state index is -0.126. The maximum absolute atomic E-state index is 11.9. The topological polar surface area (TPSA) is 29.1 Å². The molecule has 2 aromatic rings. The van der Waals surface area contributed by atoms with Crippen molar-refractivity contribution in [3.63, 3.8) is 0 Å². The predicted octanol–water partition coefficient (Wildman–Crippen LogP) is 4.72. The van der Waals surface area contributed by atoms with E-state index < -0.39 is 0 Å². The zero-order chi connectivity index (χ0) is 14.5. The number of anilines is 1. The molecule has 0 aliphatic carbocycles. The van der Waals surface area contributed by atoms with Gasteiger partial charge in [-0.3, -0.25) is 4.79 Å². The van der Waals surface area contributed by atoms with Crippen LogP contribution < -0.4 is 5.32 Å². The highest BCUT2D eigenvalue weighted by atomic mass is 79.9. The van der Waals surface area contributed by atoms with Crippen LogP contribution in [0.1, 0.15) is 16.7 Å². The Hall–Kier alpha value is -1.87. The van der Waals surface area contributed by atoms with E-state index in [2.05, 4.69) is 21.2 Å². The second-order valence-electron chi connectivity index (χ2n) is 4.63. The molecule has 0 fully saturated rings. The summed E-state index contributed by atoms with van der Waals surface area (Å²) >= 11 is 3.41. The zero-order valence-electron chi connectivity index (χ0n) is 11.5. The van der Waals surface area contributed by atoms with Crippen molar-refractivity contribution in [1.82, 2.24) is 0 Å². The molecule has 0 spiro atoms. The number of halogens is 1. The maximum atomic E-state index is 11.9. The summed E-state index contributed by atoms with van der Waals surface area (Å²) in [5, 5.41) is 2.90. The van der Waals surface area contributed by atoms with Gasteiger partial charge < -0.3 is 5.32 Å². The molecule has 0 heterocycles. The van der Waals surface area contributed by atoms with E-state index in [9.17, 15) is 4.79 Å². The van der Waals surface area contributed by atoms with Gasteiger partial charge in [-0.1, -0.05) is 40.2 Å². The van der Waals surface area contributed by atoms with Crippen LogP contribution in [0.25, 0.3) is 6.08 Å². The van der Waals surface area contributed by atoms with Crippen molar-refractivity contribution in [3.8, 4) is 0 Å². The van der Waals surface area contributed by atoms with E-state index in [-0.39, 0.29) is 5.91 Å². The Kier molecular flexibility index (Phi) is 4.74. The second-order valence-corrected chi connectivity index (χ2v) is 5.54. The van der Waals surface area contributed by atoms with E-state index in [1.54, 1.807) is 12.2 Å². The summed E-state index contributed by atoms with van der Waals surface area (Å²) in [6.45, 7) is 4.03. The first-order valence-electron chi connectivity index (χ1n) is 6.37. The number of carbonyl (C=O) groups excluding carboxylic acids is 1. The first kappa shape index (κ1) is 14.5. The van der Waals surface area contributed by atoms with E-state index in [0.717, 1.165) is 21.3 Å². The lowest BCUT2D eigenvalue weighted by molar-refractivity contribution is -0.111. The predicted molar refractivity (Wildman–Crippen MR) is 87.7 cm³/mol. The normalized spacial score (nSPS) is 10.8. The van der Waals surface area contributed by atoms with Gasteiger partial charge in [0.25, 0.3) is 0 Å². The highest BCUT2D eigenvalue weighted by Crippen LogP contribution is 2.18. The summed E-state index contributed by atoms with van der Waals surface area (Å²) in [5.74, 6) is -0.126. The minimum Gasteiger partial charge on any atom is -0.322 e. The lowest BCUT2D eigenvalue weighted by atomic mass is 10.1. The third kappa shape index (κ3) is 3.81. The molecule has 0 saturated carbocycles. The van der Waals surface area contributed by atoms with Gasteiger partial charge in [0.2, 0.25) is 5.91 Å². The van der Waals surface area contributed by atoms with Gasteiger partial charge in [-0.2, -0.15) is 0 Å². The summed E-state index contributed by atoms with van der Waals surface area (Å²) in [4.78, 5) is 11.9. The van der Waals surface area contributed by atoms with Crippen molar-refractivity contribution in [3.05, 3.63) is 69.7 Å². The third-order valence-electron chi connectivity index (χ3n) is 3.14. The van der Waals surface area contributed by atoms with Crippen LogP contribution in [-0.4, -0.2) is 5.91 Å². The Morgan fingerprint density at radius 1 is 1.15 bits per heavy atom. The number of hydrogen-bond donors (Lipinski definition) is 1. The van der Waals surface area contributed by atoms with E-state index in [1.165, 1.54) is 5.56 Å². The van der Waals surface area contributed by atoms with Gasteiger partial charge in [-0.15, -0.1) is 0 Å². The molecule has 0 atom stereocenters. The summed E-state index contributed by atoms with van der Waals surface area (Å²) in [7, 11) is 0. The van der Waals surface area contributed by atoms with Gasteiger partial charge in [-0.05, 0) is 54.8 Å². The van der Waals surface area contributed by atoms with E-state index in [4.69, 9.17) is 0 Å². The lowest BCUT2D eigenvalue weighted by Crippen LogP contribution is -2.09. The van der Waals surface area contributed by atoms with Gasteiger partial charge in [0.05, 0.1) is 0 Å². The van der Waals surface area contributed by atoms with Gasteiger partial charge in [-0.25, -0.2) is 0 Å². The second kappa shape index (κ2) is 6.53. The number of aryl methyl sites for hydroxylation is 1. The van der Waals surface area contributed by atoms with Crippen molar-refractivity contribution < 1.29 is 4.79 Å². The minimum absolute atomic E-state index is 0.126.